The molecule has 0 bridgehead atoms. The van der Waals surface area contributed by atoms with Crippen LogP contribution in [0.25, 0.3) is 0 Å². The Morgan fingerprint density at radius 1 is 1.38 bits per heavy atom. The summed E-state index contributed by atoms with van der Waals surface area (Å²) in [6, 6.07) is 6.24. The molecule has 1 saturated heterocycles. The molecule has 0 aliphatic carbocycles. The Hall–Kier alpha value is -1.13. The molecule has 0 unspecified atom stereocenters. The lowest BCUT2D eigenvalue weighted by molar-refractivity contribution is 0.266. The molecular formula is C14H18ClN3O2S. The zero-order valence-corrected chi connectivity index (χ0v) is 13.2. The molecule has 0 spiro atoms. The number of nitriles is 1. The first-order valence-electron chi connectivity index (χ1n) is 6.89. The Labute approximate surface area is 130 Å². The molecule has 0 amide bonds. The van der Waals surface area contributed by atoms with Gasteiger partial charge in [0.25, 0.3) is 0 Å². The van der Waals surface area contributed by atoms with Gasteiger partial charge in [0.1, 0.15) is 4.90 Å². The number of hydrogen-bond acceptors (Lipinski definition) is 4. The first kappa shape index (κ1) is 16.2. The van der Waals surface area contributed by atoms with E-state index in [0.29, 0.717) is 25.6 Å². The molecule has 5 nitrogen and oxygen atoms in total. The molecule has 1 aliphatic heterocycles. The van der Waals surface area contributed by atoms with Gasteiger partial charge in [-0.2, -0.15) is 9.57 Å². The molecule has 0 saturated carbocycles. The maximum atomic E-state index is 12.6. The summed E-state index contributed by atoms with van der Waals surface area (Å²) in [7, 11) is -3.64. The molecule has 114 valence electrons. The number of benzene rings is 1. The standard InChI is InChI=1S/C14H18ClN3O2S/c15-13-2-1-12(10-17)9-14(13)21(19,20)18-7-4-11(3-6-16)5-8-18/h1-2,9,11H,3-8,16H2. The highest BCUT2D eigenvalue weighted by Gasteiger charge is 2.30. The van der Waals surface area contributed by atoms with Crippen molar-refractivity contribution in [2.24, 2.45) is 11.7 Å². The van der Waals surface area contributed by atoms with Crippen LogP contribution in [0.15, 0.2) is 23.1 Å². The van der Waals surface area contributed by atoms with E-state index in [1.165, 1.54) is 22.5 Å². The number of halogens is 1. The zero-order valence-electron chi connectivity index (χ0n) is 11.6. The smallest absolute Gasteiger partial charge is 0.244 e. The third-order valence-electron chi connectivity index (χ3n) is 3.83. The monoisotopic (exact) mass is 327 g/mol. The minimum absolute atomic E-state index is 0.0143. The third-order valence-corrected chi connectivity index (χ3v) is 6.21. The lowest BCUT2D eigenvalue weighted by Gasteiger charge is -2.31. The summed E-state index contributed by atoms with van der Waals surface area (Å²) in [4.78, 5) is 0.0143. The second-order valence-corrected chi connectivity index (χ2v) is 7.50. The molecule has 21 heavy (non-hydrogen) atoms. The number of sulfonamides is 1. The van der Waals surface area contributed by atoms with Gasteiger partial charge in [-0.3, -0.25) is 0 Å². The van der Waals surface area contributed by atoms with Crippen LogP contribution in [0.5, 0.6) is 0 Å². The first-order chi connectivity index (χ1) is 9.98. The molecule has 2 N–H and O–H groups in total. The molecule has 1 aromatic carbocycles. The van der Waals surface area contributed by atoms with E-state index in [0.717, 1.165) is 19.3 Å². The quantitative estimate of drug-likeness (QED) is 0.915. The summed E-state index contributed by atoms with van der Waals surface area (Å²) in [6.45, 7) is 1.58. The van der Waals surface area contributed by atoms with Gasteiger partial charge in [-0.1, -0.05) is 11.6 Å². The van der Waals surface area contributed by atoms with Crippen LogP contribution in [0.2, 0.25) is 5.02 Å². The van der Waals surface area contributed by atoms with Crippen molar-refractivity contribution in [1.29, 1.82) is 5.26 Å². The van der Waals surface area contributed by atoms with Gasteiger partial charge in [-0.15, -0.1) is 0 Å². The van der Waals surface area contributed by atoms with Crippen LogP contribution in [0.4, 0.5) is 0 Å². The van der Waals surface area contributed by atoms with E-state index in [-0.39, 0.29) is 15.5 Å². The maximum absolute atomic E-state index is 12.6. The molecule has 1 fully saturated rings. The van der Waals surface area contributed by atoms with Crippen LogP contribution in [-0.4, -0.2) is 32.4 Å². The predicted molar refractivity (Wildman–Crippen MR) is 81.3 cm³/mol. The van der Waals surface area contributed by atoms with Crippen molar-refractivity contribution in [3.8, 4) is 6.07 Å². The summed E-state index contributed by atoms with van der Waals surface area (Å²) >= 11 is 6.00. The fourth-order valence-electron chi connectivity index (χ4n) is 2.58. The van der Waals surface area contributed by atoms with E-state index < -0.39 is 10.0 Å². The molecule has 1 aliphatic rings. The van der Waals surface area contributed by atoms with Crippen LogP contribution in [-0.2, 0) is 10.0 Å². The molecule has 1 aromatic rings. The Morgan fingerprint density at radius 2 is 2.05 bits per heavy atom. The lowest BCUT2D eigenvalue weighted by atomic mass is 9.95. The molecular weight excluding hydrogens is 310 g/mol. The van der Waals surface area contributed by atoms with E-state index in [2.05, 4.69) is 0 Å². The Balaban J connectivity index is 2.22. The van der Waals surface area contributed by atoms with E-state index in [1.54, 1.807) is 0 Å². The van der Waals surface area contributed by atoms with E-state index in [9.17, 15) is 8.42 Å². The fourth-order valence-corrected chi connectivity index (χ4v) is 4.55. The number of piperidine rings is 1. The zero-order chi connectivity index (χ0) is 15.5. The minimum atomic E-state index is -3.64. The van der Waals surface area contributed by atoms with Gasteiger partial charge in [0, 0.05) is 13.1 Å². The average Bonchev–Trinajstić information content (AvgIpc) is 2.48. The Morgan fingerprint density at radius 3 is 2.62 bits per heavy atom. The van der Waals surface area contributed by atoms with Gasteiger partial charge < -0.3 is 5.73 Å². The maximum Gasteiger partial charge on any atom is 0.244 e. The van der Waals surface area contributed by atoms with Crippen LogP contribution >= 0.6 is 11.6 Å². The summed E-state index contributed by atoms with van der Waals surface area (Å²) in [5, 5.41) is 9.06. The molecule has 2 rings (SSSR count). The molecule has 7 heteroatoms. The van der Waals surface area contributed by atoms with E-state index in [1.807, 2.05) is 6.07 Å². The van der Waals surface area contributed by atoms with Crippen molar-refractivity contribution in [1.82, 2.24) is 4.31 Å². The molecule has 0 aromatic heterocycles. The van der Waals surface area contributed by atoms with Crippen molar-refractivity contribution in [3.05, 3.63) is 28.8 Å². The van der Waals surface area contributed by atoms with Gasteiger partial charge in [0.2, 0.25) is 10.0 Å². The molecule has 1 heterocycles. The van der Waals surface area contributed by atoms with Crippen molar-refractivity contribution >= 4 is 21.6 Å². The summed E-state index contributed by atoms with van der Waals surface area (Å²) in [6.07, 6.45) is 2.55. The van der Waals surface area contributed by atoms with Gasteiger partial charge in [0.05, 0.1) is 16.7 Å². The van der Waals surface area contributed by atoms with Crippen molar-refractivity contribution in [2.75, 3.05) is 19.6 Å². The fraction of sp³-hybridized carbons (Fsp3) is 0.500. The topological polar surface area (TPSA) is 87.2 Å². The Bertz CT molecular complexity index is 647. The highest BCUT2D eigenvalue weighted by Crippen LogP contribution is 2.29. The van der Waals surface area contributed by atoms with Crippen LogP contribution in [0, 0.1) is 17.2 Å². The third kappa shape index (κ3) is 3.55. The SMILES string of the molecule is N#Cc1ccc(Cl)c(S(=O)(=O)N2CCC(CCN)CC2)c1. The van der Waals surface area contributed by atoms with Crippen LogP contribution in [0.1, 0.15) is 24.8 Å². The highest BCUT2D eigenvalue weighted by atomic mass is 35.5. The van der Waals surface area contributed by atoms with Crippen LogP contribution < -0.4 is 5.73 Å². The van der Waals surface area contributed by atoms with Crippen molar-refractivity contribution < 1.29 is 8.42 Å². The lowest BCUT2D eigenvalue weighted by Crippen LogP contribution is -2.39. The van der Waals surface area contributed by atoms with E-state index >= 15 is 0 Å². The van der Waals surface area contributed by atoms with Gasteiger partial charge in [-0.05, 0) is 49.9 Å². The Kier molecular flexibility index (Phi) is 5.22. The second kappa shape index (κ2) is 6.75. The number of rotatable bonds is 4. The summed E-state index contributed by atoms with van der Waals surface area (Å²) < 4.78 is 26.7. The average molecular weight is 328 g/mol. The van der Waals surface area contributed by atoms with Gasteiger partial charge in [0.15, 0.2) is 0 Å². The summed E-state index contributed by atoms with van der Waals surface area (Å²) in [5.41, 5.74) is 5.83. The number of hydrogen-bond donors (Lipinski definition) is 1. The van der Waals surface area contributed by atoms with Gasteiger partial charge >= 0.3 is 0 Å². The van der Waals surface area contributed by atoms with Gasteiger partial charge in [-0.25, -0.2) is 8.42 Å². The second-order valence-electron chi connectivity index (χ2n) is 5.18. The minimum Gasteiger partial charge on any atom is -0.330 e. The van der Waals surface area contributed by atoms with Crippen molar-refractivity contribution in [2.45, 2.75) is 24.2 Å². The first-order valence-corrected chi connectivity index (χ1v) is 8.70. The molecule has 0 atom stereocenters. The van der Waals surface area contributed by atoms with Crippen LogP contribution in [0.3, 0.4) is 0 Å². The van der Waals surface area contributed by atoms with Crippen molar-refractivity contribution in [3.63, 3.8) is 0 Å². The largest absolute Gasteiger partial charge is 0.330 e. The number of nitrogens with zero attached hydrogens (tertiary/aromatic N) is 2. The number of nitrogens with two attached hydrogens (primary N) is 1. The normalized spacial score (nSPS) is 17.6. The predicted octanol–water partition coefficient (Wildman–Crippen LogP) is 1.96. The molecule has 0 radical (unpaired) electrons. The summed E-state index contributed by atoms with van der Waals surface area (Å²) in [5.74, 6) is 0.488. The highest BCUT2D eigenvalue weighted by molar-refractivity contribution is 7.89. The van der Waals surface area contributed by atoms with E-state index in [4.69, 9.17) is 22.6 Å².